The van der Waals surface area contributed by atoms with Crippen LogP contribution in [0, 0.1) is 0 Å². The van der Waals surface area contributed by atoms with Gasteiger partial charge < -0.3 is 5.11 Å². The summed E-state index contributed by atoms with van der Waals surface area (Å²) in [6, 6.07) is 14.3. The molecule has 0 saturated heterocycles. The number of rotatable bonds is 7. The molecular weight excluding hydrogens is 350 g/mol. The van der Waals surface area contributed by atoms with Crippen LogP contribution >= 0.6 is 0 Å². The molecule has 2 aromatic rings. The van der Waals surface area contributed by atoms with E-state index in [1.54, 1.807) is 0 Å². The quantitative estimate of drug-likeness (QED) is 0.751. The van der Waals surface area contributed by atoms with Crippen LogP contribution in [0.15, 0.2) is 41.4 Å². The largest absolute Gasteiger partial charge is 0.481 e. The van der Waals surface area contributed by atoms with Crippen molar-refractivity contribution in [2.75, 3.05) is 0 Å². The third-order valence-corrected chi connectivity index (χ3v) is 10.1. The highest BCUT2D eigenvalue weighted by atomic mass is 28.3. The first kappa shape index (κ1) is 19.6. The predicted octanol–water partition coefficient (Wildman–Crippen LogP) is 3.15. The smallest absolute Gasteiger partial charge is 0.303 e. The second kappa shape index (κ2) is 8.22. The van der Waals surface area contributed by atoms with Gasteiger partial charge in [0.1, 0.15) is 8.07 Å². The second-order valence-electron chi connectivity index (χ2n) is 7.68. The Hall–Kier alpha value is -2.20. The van der Waals surface area contributed by atoms with Crippen molar-refractivity contribution in [1.29, 1.82) is 0 Å². The topological polar surface area (TPSA) is 49.7 Å². The van der Waals surface area contributed by atoms with Gasteiger partial charge in [-0.25, -0.2) is 4.99 Å². The number of carbonyl (C=O) groups is 1. The standard InChI is InChI=1S/C23H29NO2Si/c1-4-7-17-10-12-19-21(15-17)27(3,14-6-9-23(25)26)22-16-18(8-5-2)11-13-20(22)24-19/h7,10-13,15-16H,4-6,8-9,14H2,1-3H3,(H,25,26)/b17-7+. The summed E-state index contributed by atoms with van der Waals surface area (Å²) in [7, 11) is -2.04. The van der Waals surface area contributed by atoms with Gasteiger partial charge in [-0.15, -0.1) is 0 Å². The molecule has 0 aromatic heterocycles. The van der Waals surface area contributed by atoms with Crippen LogP contribution in [0.4, 0.5) is 5.69 Å². The number of hydrogen-bond acceptors (Lipinski definition) is 2. The Labute approximate surface area is 162 Å². The second-order valence-corrected chi connectivity index (χ2v) is 11.9. The van der Waals surface area contributed by atoms with Crippen molar-refractivity contribution in [3.63, 3.8) is 0 Å². The van der Waals surface area contributed by atoms with Gasteiger partial charge in [0.25, 0.3) is 0 Å². The van der Waals surface area contributed by atoms with Gasteiger partial charge in [-0.2, -0.15) is 0 Å². The normalized spacial score (nSPS) is 18.6. The Morgan fingerprint density at radius 2 is 1.96 bits per heavy atom. The highest BCUT2D eigenvalue weighted by Crippen LogP contribution is 2.23. The van der Waals surface area contributed by atoms with E-state index in [1.807, 2.05) is 0 Å². The monoisotopic (exact) mass is 379 g/mol. The molecule has 1 heterocycles. The molecule has 2 aromatic carbocycles. The summed E-state index contributed by atoms with van der Waals surface area (Å²) in [6.07, 6.45) is 6.40. The third kappa shape index (κ3) is 4.06. The first-order chi connectivity index (χ1) is 13.0. The van der Waals surface area contributed by atoms with Gasteiger partial charge >= 0.3 is 5.97 Å². The molecule has 0 bridgehead atoms. The zero-order valence-electron chi connectivity index (χ0n) is 16.6. The number of fused-ring (bicyclic) bond motifs is 2. The molecule has 1 unspecified atom stereocenters. The molecule has 27 heavy (non-hydrogen) atoms. The molecular formula is C23H29NO2Si. The van der Waals surface area contributed by atoms with Gasteiger partial charge in [0.2, 0.25) is 0 Å². The average Bonchev–Trinajstić information content (AvgIpc) is 2.63. The van der Waals surface area contributed by atoms with Gasteiger partial charge in [-0.1, -0.05) is 57.2 Å². The Balaban J connectivity index is 2.17. The van der Waals surface area contributed by atoms with Gasteiger partial charge in [-0.05, 0) is 58.6 Å². The van der Waals surface area contributed by atoms with Crippen LogP contribution in [0.2, 0.25) is 12.6 Å². The number of carboxylic acid groups (broad SMARTS) is 1. The van der Waals surface area contributed by atoms with Crippen LogP contribution in [-0.4, -0.2) is 19.1 Å². The average molecular weight is 380 g/mol. The Morgan fingerprint density at radius 3 is 2.67 bits per heavy atom. The minimum Gasteiger partial charge on any atom is -0.481 e. The van der Waals surface area contributed by atoms with Crippen molar-refractivity contribution < 1.29 is 9.90 Å². The summed E-state index contributed by atoms with van der Waals surface area (Å²) in [5.74, 6) is -0.707. The fourth-order valence-electron chi connectivity index (χ4n) is 4.16. The van der Waals surface area contributed by atoms with E-state index in [4.69, 9.17) is 10.1 Å². The lowest BCUT2D eigenvalue weighted by Gasteiger charge is -2.33. The molecule has 3 nitrogen and oxygen atoms in total. The van der Waals surface area contributed by atoms with E-state index in [-0.39, 0.29) is 6.42 Å². The maximum Gasteiger partial charge on any atom is 0.303 e. The Kier molecular flexibility index (Phi) is 5.95. The van der Waals surface area contributed by atoms with E-state index >= 15 is 0 Å². The van der Waals surface area contributed by atoms with E-state index < -0.39 is 14.0 Å². The van der Waals surface area contributed by atoms with Crippen molar-refractivity contribution in [2.24, 2.45) is 4.99 Å². The van der Waals surface area contributed by atoms with Crippen LogP contribution in [0.5, 0.6) is 0 Å². The highest BCUT2D eigenvalue weighted by Gasteiger charge is 2.37. The minimum absolute atomic E-state index is 0.236. The summed E-state index contributed by atoms with van der Waals surface area (Å²) in [5.41, 5.74) is 2.45. The molecule has 0 radical (unpaired) electrons. The first-order valence-corrected chi connectivity index (χ1v) is 12.7. The van der Waals surface area contributed by atoms with Crippen molar-refractivity contribution in [3.8, 4) is 0 Å². The fourth-order valence-corrected chi connectivity index (χ4v) is 8.27. The van der Waals surface area contributed by atoms with Crippen LogP contribution in [0.3, 0.4) is 0 Å². The van der Waals surface area contributed by atoms with E-state index in [0.717, 1.165) is 42.8 Å². The molecule has 1 N–H and O–H groups in total. The Morgan fingerprint density at radius 1 is 1.15 bits per heavy atom. The molecule has 0 saturated carbocycles. The summed E-state index contributed by atoms with van der Waals surface area (Å²) in [4.78, 5) is 16.1. The van der Waals surface area contributed by atoms with E-state index in [1.165, 1.54) is 21.2 Å². The van der Waals surface area contributed by atoms with Crippen LogP contribution in [0.1, 0.15) is 45.1 Å². The number of aliphatic carboxylic acids is 1. The first-order valence-electron chi connectivity index (χ1n) is 10.0. The zero-order valence-corrected chi connectivity index (χ0v) is 17.6. The molecule has 3 rings (SSSR count). The van der Waals surface area contributed by atoms with E-state index in [9.17, 15) is 4.79 Å². The molecule has 0 spiro atoms. The number of benzene rings is 2. The van der Waals surface area contributed by atoms with E-state index in [0.29, 0.717) is 0 Å². The third-order valence-electron chi connectivity index (χ3n) is 5.56. The van der Waals surface area contributed by atoms with E-state index in [2.05, 4.69) is 62.9 Å². The SMILES string of the molecule is CC/C=c1\ccc2c(c1)[Si](C)(CCCC(=O)O)c1cc(CCC)ccc1N=2. The van der Waals surface area contributed by atoms with Crippen molar-refractivity contribution in [3.05, 3.63) is 52.5 Å². The lowest BCUT2D eigenvalue weighted by molar-refractivity contribution is -0.137. The van der Waals surface area contributed by atoms with Crippen molar-refractivity contribution in [1.82, 2.24) is 0 Å². The van der Waals surface area contributed by atoms with Crippen LogP contribution < -0.4 is 20.9 Å². The van der Waals surface area contributed by atoms with Gasteiger partial charge in [0.05, 0.1) is 11.0 Å². The van der Waals surface area contributed by atoms with Crippen molar-refractivity contribution >= 4 is 36.2 Å². The molecule has 142 valence electrons. The van der Waals surface area contributed by atoms with Gasteiger partial charge in [0.15, 0.2) is 0 Å². The fraction of sp³-hybridized carbons (Fsp3) is 0.391. The zero-order chi connectivity index (χ0) is 19.4. The Bertz CT molecular complexity index is 967. The molecule has 0 amide bonds. The summed E-state index contributed by atoms with van der Waals surface area (Å²) in [6.45, 7) is 6.75. The number of aryl methyl sites for hydroxylation is 1. The summed E-state index contributed by atoms with van der Waals surface area (Å²) >= 11 is 0. The molecule has 4 heteroatoms. The highest BCUT2D eigenvalue weighted by molar-refractivity contribution is 7.02. The lowest BCUT2D eigenvalue weighted by Crippen LogP contribution is -2.63. The molecule has 1 aliphatic heterocycles. The molecule has 1 aliphatic rings. The summed E-state index contributed by atoms with van der Waals surface area (Å²) < 4.78 is 0. The lowest BCUT2D eigenvalue weighted by atomic mass is 10.1. The number of hydrogen-bond donors (Lipinski definition) is 1. The molecule has 0 aliphatic carbocycles. The van der Waals surface area contributed by atoms with Crippen LogP contribution in [0.25, 0.3) is 6.08 Å². The number of nitrogens with zero attached hydrogens (tertiary/aromatic N) is 1. The summed E-state index contributed by atoms with van der Waals surface area (Å²) in [5, 5.41) is 14.2. The predicted molar refractivity (Wildman–Crippen MR) is 115 cm³/mol. The van der Waals surface area contributed by atoms with Gasteiger partial charge in [-0.3, -0.25) is 4.79 Å². The minimum atomic E-state index is -2.04. The van der Waals surface area contributed by atoms with Crippen LogP contribution in [-0.2, 0) is 11.2 Å². The number of carboxylic acids is 1. The molecule has 0 fully saturated rings. The van der Waals surface area contributed by atoms with Gasteiger partial charge in [0, 0.05) is 6.42 Å². The van der Waals surface area contributed by atoms with Crippen molar-refractivity contribution in [2.45, 2.75) is 58.5 Å². The maximum absolute atomic E-state index is 11.1. The maximum atomic E-state index is 11.1. The molecule has 1 atom stereocenters.